The minimum absolute atomic E-state index is 0.0962. The van der Waals surface area contributed by atoms with Crippen molar-refractivity contribution in [1.82, 2.24) is 15.6 Å². The lowest BCUT2D eigenvalue weighted by Gasteiger charge is -2.38. The molecule has 2 unspecified atom stereocenters. The first kappa shape index (κ1) is 17.2. The average molecular weight is 341 g/mol. The Balaban J connectivity index is 2.09. The van der Waals surface area contributed by atoms with Crippen LogP contribution in [0.3, 0.4) is 0 Å². The number of aromatic nitrogens is 1. The molecule has 2 heterocycles. The van der Waals surface area contributed by atoms with Crippen LogP contribution in [-0.4, -0.2) is 46.2 Å². The SMILES string of the molecule is CC(C)(C)OC(=O)NCC(c1cncs1)C1C(=O)N[C@H]1C(=O)O. The van der Waals surface area contributed by atoms with Gasteiger partial charge in [0.25, 0.3) is 0 Å². The second-order valence-electron chi connectivity index (χ2n) is 6.24. The Morgan fingerprint density at radius 3 is 2.70 bits per heavy atom. The maximum absolute atomic E-state index is 11.8. The fourth-order valence-corrected chi connectivity index (χ4v) is 3.12. The number of nitrogens with one attached hydrogen (secondary N) is 2. The van der Waals surface area contributed by atoms with Gasteiger partial charge in [-0.15, -0.1) is 11.3 Å². The van der Waals surface area contributed by atoms with Crippen LogP contribution in [0.1, 0.15) is 31.6 Å². The quantitative estimate of drug-likeness (QED) is 0.686. The Labute approximate surface area is 137 Å². The van der Waals surface area contributed by atoms with E-state index < -0.39 is 35.5 Å². The fraction of sp³-hybridized carbons (Fsp3) is 0.571. The van der Waals surface area contributed by atoms with Crippen LogP contribution in [-0.2, 0) is 14.3 Å². The zero-order valence-electron chi connectivity index (χ0n) is 13.0. The second kappa shape index (κ2) is 6.53. The summed E-state index contributed by atoms with van der Waals surface area (Å²) < 4.78 is 5.16. The van der Waals surface area contributed by atoms with Crippen LogP contribution >= 0.6 is 11.3 Å². The molecule has 9 heteroatoms. The fourth-order valence-electron chi connectivity index (χ4n) is 2.35. The van der Waals surface area contributed by atoms with Crippen LogP contribution in [0, 0.1) is 5.92 Å². The molecule has 2 rings (SSSR count). The van der Waals surface area contributed by atoms with Crippen molar-refractivity contribution < 1.29 is 24.2 Å². The number of thiazole rings is 1. The van der Waals surface area contributed by atoms with Gasteiger partial charge in [0.15, 0.2) is 0 Å². The van der Waals surface area contributed by atoms with E-state index in [1.165, 1.54) is 11.3 Å². The maximum atomic E-state index is 11.8. The second-order valence-corrected chi connectivity index (χ2v) is 7.16. The van der Waals surface area contributed by atoms with Gasteiger partial charge in [0.1, 0.15) is 11.6 Å². The summed E-state index contributed by atoms with van der Waals surface area (Å²) in [6.45, 7) is 5.33. The maximum Gasteiger partial charge on any atom is 0.407 e. The molecule has 0 radical (unpaired) electrons. The van der Waals surface area contributed by atoms with Crippen LogP contribution in [0.4, 0.5) is 4.79 Å². The molecule has 1 saturated heterocycles. The van der Waals surface area contributed by atoms with Crippen LogP contribution in [0.15, 0.2) is 11.7 Å². The predicted octanol–water partition coefficient (Wildman–Crippen LogP) is 0.951. The highest BCUT2D eigenvalue weighted by Crippen LogP contribution is 2.34. The average Bonchev–Trinajstić information content (AvgIpc) is 2.91. The van der Waals surface area contributed by atoms with E-state index in [0.29, 0.717) is 0 Å². The Hall–Kier alpha value is -2.16. The summed E-state index contributed by atoms with van der Waals surface area (Å²) in [6.07, 6.45) is 0.968. The number of hydrogen-bond donors (Lipinski definition) is 3. The normalized spacial score (nSPS) is 21.8. The molecule has 3 atom stereocenters. The number of amides is 2. The molecular weight excluding hydrogens is 322 g/mol. The van der Waals surface area contributed by atoms with Crippen molar-refractivity contribution in [3.8, 4) is 0 Å². The molecule has 2 amide bonds. The van der Waals surface area contributed by atoms with Crippen LogP contribution in [0.25, 0.3) is 0 Å². The number of aliphatic carboxylic acids is 1. The summed E-state index contributed by atoms with van der Waals surface area (Å²) in [5, 5.41) is 14.1. The van der Waals surface area contributed by atoms with E-state index in [4.69, 9.17) is 9.84 Å². The number of hydrogen-bond acceptors (Lipinski definition) is 6. The van der Waals surface area contributed by atoms with Gasteiger partial charge in [-0.2, -0.15) is 0 Å². The van der Waals surface area contributed by atoms with Crippen molar-refractivity contribution in [3.05, 3.63) is 16.6 Å². The van der Waals surface area contributed by atoms with Gasteiger partial charge in [0, 0.05) is 23.5 Å². The number of carboxylic acid groups (broad SMARTS) is 1. The van der Waals surface area contributed by atoms with Crippen molar-refractivity contribution in [1.29, 1.82) is 0 Å². The van der Waals surface area contributed by atoms with Gasteiger partial charge in [0.05, 0.1) is 11.4 Å². The summed E-state index contributed by atoms with van der Waals surface area (Å²) in [5.41, 5.74) is 0.962. The van der Waals surface area contributed by atoms with Crippen LogP contribution in [0.2, 0.25) is 0 Å². The number of rotatable bonds is 5. The molecule has 1 aliphatic heterocycles. The van der Waals surface area contributed by atoms with Gasteiger partial charge in [-0.1, -0.05) is 0 Å². The number of carbonyl (C=O) groups excluding carboxylic acids is 2. The minimum atomic E-state index is -1.10. The van der Waals surface area contributed by atoms with Crippen LogP contribution in [0.5, 0.6) is 0 Å². The molecule has 0 bridgehead atoms. The summed E-state index contributed by atoms with van der Waals surface area (Å²) in [5.74, 6) is -2.66. The van der Waals surface area contributed by atoms with Crippen molar-refractivity contribution >= 4 is 29.3 Å². The smallest absolute Gasteiger partial charge is 0.407 e. The number of carbonyl (C=O) groups is 3. The molecule has 1 aliphatic rings. The van der Waals surface area contributed by atoms with E-state index in [2.05, 4.69) is 15.6 Å². The van der Waals surface area contributed by atoms with Gasteiger partial charge in [0.2, 0.25) is 5.91 Å². The predicted molar refractivity (Wildman–Crippen MR) is 82.1 cm³/mol. The molecule has 126 valence electrons. The Kier molecular flexibility index (Phi) is 4.88. The van der Waals surface area contributed by atoms with Gasteiger partial charge in [-0.25, -0.2) is 9.59 Å². The minimum Gasteiger partial charge on any atom is -0.480 e. The number of β-lactam (4-membered cyclic amide) rings is 1. The Morgan fingerprint density at radius 1 is 1.52 bits per heavy atom. The molecule has 1 fully saturated rings. The van der Waals surface area contributed by atoms with Crippen molar-refractivity contribution in [3.63, 3.8) is 0 Å². The largest absolute Gasteiger partial charge is 0.480 e. The first-order chi connectivity index (χ1) is 10.7. The molecule has 1 aromatic heterocycles. The Bertz CT molecular complexity index is 596. The highest BCUT2D eigenvalue weighted by atomic mass is 32.1. The molecule has 3 N–H and O–H groups in total. The monoisotopic (exact) mass is 341 g/mol. The van der Waals surface area contributed by atoms with Gasteiger partial charge < -0.3 is 20.5 Å². The van der Waals surface area contributed by atoms with E-state index in [1.807, 2.05) is 0 Å². The van der Waals surface area contributed by atoms with Crippen molar-refractivity contribution in [2.24, 2.45) is 5.92 Å². The van der Waals surface area contributed by atoms with Gasteiger partial charge >= 0.3 is 12.1 Å². The van der Waals surface area contributed by atoms with Gasteiger partial charge in [-0.3, -0.25) is 9.78 Å². The number of ether oxygens (including phenoxy) is 1. The van der Waals surface area contributed by atoms with Gasteiger partial charge in [-0.05, 0) is 20.8 Å². The zero-order chi connectivity index (χ0) is 17.2. The molecule has 1 aromatic rings. The molecule has 0 aromatic carbocycles. The molecule has 23 heavy (non-hydrogen) atoms. The van der Waals surface area contributed by atoms with E-state index in [-0.39, 0.29) is 12.5 Å². The lowest BCUT2D eigenvalue weighted by molar-refractivity contribution is -0.154. The van der Waals surface area contributed by atoms with E-state index >= 15 is 0 Å². The third-order valence-corrected chi connectivity index (χ3v) is 4.25. The number of alkyl carbamates (subject to hydrolysis) is 1. The molecule has 8 nitrogen and oxygen atoms in total. The summed E-state index contributed by atoms with van der Waals surface area (Å²) in [6, 6.07) is -0.963. The molecular formula is C14H19N3O5S. The number of carboxylic acids is 1. The topological polar surface area (TPSA) is 118 Å². The third-order valence-electron chi connectivity index (χ3n) is 3.34. The lowest BCUT2D eigenvalue weighted by atomic mass is 9.78. The lowest BCUT2D eigenvalue weighted by Crippen LogP contribution is -2.64. The summed E-state index contributed by atoms with van der Waals surface area (Å²) >= 11 is 1.31. The molecule has 0 aliphatic carbocycles. The highest BCUT2D eigenvalue weighted by molar-refractivity contribution is 7.09. The third kappa shape index (κ3) is 4.19. The first-order valence-corrected chi connectivity index (χ1v) is 7.95. The standard InChI is InChI=1S/C14H19N3O5S/c1-14(2,3)22-13(21)16-4-7(8-5-15-6-23-8)9-10(12(19)20)17-11(9)18/h5-7,9-10H,4H2,1-3H3,(H,16,21)(H,17,18)(H,19,20)/t7?,9?,10-/m1/s1. The van der Waals surface area contributed by atoms with E-state index in [9.17, 15) is 14.4 Å². The Morgan fingerprint density at radius 2 is 2.22 bits per heavy atom. The van der Waals surface area contributed by atoms with E-state index in [0.717, 1.165) is 4.88 Å². The zero-order valence-corrected chi connectivity index (χ0v) is 13.8. The summed E-state index contributed by atoms with van der Waals surface area (Å²) in [4.78, 5) is 39.5. The van der Waals surface area contributed by atoms with E-state index in [1.54, 1.807) is 32.5 Å². The van der Waals surface area contributed by atoms with Crippen molar-refractivity contribution in [2.45, 2.75) is 38.3 Å². The van der Waals surface area contributed by atoms with Crippen LogP contribution < -0.4 is 10.6 Å². The summed E-state index contributed by atoms with van der Waals surface area (Å²) in [7, 11) is 0. The first-order valence-electron chi connectivity index (χ1n) is 7.07. The number of nitrogens with zero attached hydrogens (tertiary/aromatic N) is 1. The van der Waals surface area contributed by atoms with Crippen molar-refractivity contribution in [2.75, 3.05) is 6.54 Å². The molecule has 0 saturated carbocycles. The molecule has 0 spiro atoms. The highest BCUT2D eigenvalue weighted by Gasteiger charge is 2.49.